The molecule has 1 unspecified atom stereocenters. The number of nitrogens with one attached hydrogen (secondary N) is 1. The summed E-state index contributed by atoms with van der Waals surface area (Å²) in [4.78, 5) is 10.1. The topological polar surface area (TPSA) is 113 Å². The molecule has 0 aromatic heterocycles. The van der Waals surface area contributed by atoms with Crippen LogP contribution in [-0.4, -0.2) is 31.4 Å². The third kappa shape index (κ3) is 4.85. The molecular weight excluding hydrogens is 282 g/mol. The highest BCUT2D eigenvalue weighted by Crippen LogP contribution is 2.22. The van der Waals surface area contributed by atoms with Crippen LogP contribution < -0.4 is 5.32 Å². The van der Waals surface area contributed by atoms with Crippen molar-refractivity contribution in [2.24, 2.45) is 0 Å². The quantitative estimate of drug-likeness (QED) is 0.631. The minimum absolute atomic E-state index is 0.0321. The number of hydrogen-bond acceptors (Lipinski definition) is 6. The van der Waals surface area contributed by atoms with E-state index < -0.39 is 14.8 Å². The maximum absolute atomic E-state index is 11.1. The summed E-state index contributed by atoms with van der Waals surface area (Å²) in [5.41, 5.74) is 0.269. The Hall–Kier alpha value is -2.14. The predicted octanol–water partition coefficient (Wildman–Crippen LogP) is 1.70. The molecule has 0 radical (unpaired) electrons. The van der Waals surface area contributed by atoms with Crippen LogP contribution >= 0.6 is 0 Å². The van der Waals surface area contributed by atoms with Crippen LogP contribution in [0.25, 0.3) is 0 Å². The molecule has 108 valence electrons. The van der Waals surface area contributed by atoms with Gasteiger partial charge in [-0.05, 0) is 25.5 Å². The lowest BCUT2D eigenvalue weighted by Crippen LogP contribution is -2.19. The maximum Gasteiger partial charge on any atom is 0.287 e. The van der Waals surface area contributed by atoms with Crippen molar-refractivity contribution in [3.05, 3.63) is 33.9 Å². The van der Waals surface area contributed by atoms with E-state index >= 15 is 0 Å². The first-order valence-electron chi connectivity index (χ1n) is 5.85. The van der Waals surface area contributed by atoms with Gasteiger partial charge in [-0.2, -0.15) is 5.26 Å². The van der Waals surface area contributed by atoms with E-state index in [1.54, 1.807) is 13.0 Å². The fourth-order valence-electron chi connectivity index (χ4n) is 1.62. The zero-order chi connectivity index (χ0) is 15.3. The van der Waals surface area contributed by atoms with Crippen molar-refractivity contribution in [1.82, 2.24) is 0 Å². The number of sulfone groups is 1. The van der Waals surface area contributed by atoms with Crippen molar-refractivity contribution in [2.75, 3.05) is 17.3 Å². The Kier molecular flexibility index (Phi) is 5.05. The molecule has 0 spiro atoms. The standard InChI is InChI=1S/C12H15N3O4S/c1-9(5-6-20(2,18)19)14-11-3-4-12(15(16)17)10(7-11)8-13/h3-4,7,9,14H,5-6H2,1-2H3. The first-order chi connectivity index (χ1) is 9.23. The van der Waals surface area contributed by atoms with E-state index in [9.17, 15) is 18.5 Å². The molecule has 0 aliphatic carbocycles. The summed E-state index contributed by atoms with van der Waals surface area (Å²) in [6, 6.07) is 5.78. The van der Waals surface area contributed by atoms with Crippen LogP contribution in [0.2, 0.25) is 0 Å². The van der Waals surface area contributed by atoms with Gasteiger partial charge in [0.05, 0.1) is 10.7 Å². The molecule has 7 nitrogen and oxygen atoms in total. The Morgan fingerprint density at radius 1 is 1.50 bits per heavy atom. The van der Waals surface area contributed by atoms with Crippen molar-refractivity contribution in [3.63, 3.8) is 0 Å². The average Bonchev–Trinajstić information content (AvgIpc) is 2.35. The summed E-state index contributed by atoms with van der Waals surface area (Å²) in [5.74, 6) is 0.0548. The molecule has 0 aliphatic heterocycles. The Balaban J connectivity index is 2.79. The molecule has 0 saturated carbocycles. The molecule has 0 bridgehead atoms. The summed E-state index contributed by atoms with van der Waals surface area (Å²) >= 11 is 0. The predicted molar refractivity (Wildman–Crippen MR) is 75.2 cm³/mol. The Labute approximate surface area is 117 Å². The lowest BCUT2D eigenvalue weighted by molar-refractivity contribution is -0.385. The molecule has 1 atom stereocenters. The molecule has 0 saturated heterocycles. The average molecular weight is 297 g/mol. The SMILES string of the molecule is CC(CCS(C)(=O)=O)Nc1ccc([N+](=O)[O-])c(C#N)c1. The van der Waals surface area contributed by atoms with Crippen LogP contribution in [0, 0.1) is 21.4 Å². The van der Waals surface area contributed by atoms with Gasteiger partial charge < -0.3 is 5.32 Å². The summed E-state index contributed by atoms with van der Waals surface area (Å²) in [5, 5.41) is 22.6. The van der Waals surface area contributed by atoms with E-state index in [2.05, 4.69) is 5.32 Å². The van der Waals surface area contributed by atoms with Gasteiger partial charge in [0.15, 0.2) is 0 Å². The van der Waals surface area contributed by atoms with Crippen molar-refractivity contribution < 1.29 is 13.3 Å². The normalized spacial score (nSPS) is 12.4. The van der Waals surface area contributed by atoms with E-state index in [-0.39, 0.29) is 23.0 Å². The van der Waals surface area contributed by atoms with E-state index in [0.29, 0.717) is 12.1 Å². The van der Waals surface area contributed by atoms with E-state index in [1.807, 2.05) is 0 Å². The zero-order valence-electron chi connectivity index (χ0n) is 11.2. The van der Waals surface area contributed by atoms with Gasteiger partial charge in [-0.1, -0.05) is 0 Å². The Morgan fingerprint density at radius 2 is 2.15 bits per heavy atom. The molecule has 0 amide bonds. The molecule has 8 heteroatoms. The van der Waals surface area contributed by atoms with Gasteiger partial charge in [0.1, 0.15) is 21.5 Å². The monoisotopic (exact) mass is 297 g/mol. The molecule has 1 aromatic rings. The summed E-state index contributed by atoms with van der Waals surface area (Å²) in [7, 11) is -3.02. The number of anilines is 1. The van der Waals surface area contributed by atoms with Crippen LogP contribution in [0.4, 0.5) is 11.4 Å². The Bertz CT molecular complexity index is 649. The van der Waals surface area contributed by atoms with Crippen LogP contribution in [0.1, 0.15) is 18.9 Å². The van der Waals surface area contributed by atoms with Gasteiger partial charge in [0, 0.05) is 24.1 Å². The lowest BCUT2D eigenvalue weighted by atomic mass is 10.1. The number of nitro benzene ring substituents is 1. The van der Waals surface area contributed by atoms with E-state index in [0.717, 1.165) is 0 Å². The van der Waals surface area contributed by atoms with Gasteiger partial charge in [-0.25, -0.2) is 8.42 Å². The number of hydrogen-bond donors (Lipinski definition) is 1. The Morgan fingerprint density at radius 3 is 2.65 bits per heavy atom. The minimum atomic E-state index is -3.02. The number of nitriles is 1. The van der Waals surface area contributed by atoms with Gasteiger partial charge in [0.2, 0.25) is 0 Å². The largest absolute Gasteiger partial charge is 0.383 e. The molecule has 1 rings (SSSR count). The van der Waals surface area contributed by atoms with Crippen LogP contribution in [0.15, 0.2) is 18.2 Å². The summed E-state index contributed by atoms with van der Waals surface area (Å²) < 4.78 is 22.1. The maximum atomic E-state index is 11.1. The number of nitro groups is 1. The first kappa shape index (κ1) is 15.9. The van der Waals surface area contributed by atoms with Crippen molar-refractivity contribution in [2.45, 2.75) is 19.4 Å². The molecular formula is C12H15N3O4S. The highest BCUT2D eigenvalue weighted by molar-refractivity contribution is 7.90. The number of nitrogens with zero attached hydrogens (tertiary/aromatic N) is 2. The molecule has 1 aromatic carbocycles. The van der Waals surface area contributed by atoms with Gasteiger partial charge in [-0.3, -0.25) is 10.1 Å². The minimum Gasteiger partial charge on any atom is -0.383 e. The number of benzene rings is 1. The highest BCUT2D eigenvalue weighted by Gasteiger charge is 2.14. The van der Waals surface area contributed by atoms with Gasteiger partial charge in [-0.15, -0.1) is 0 Å². The second-order valence-corrected chi connectivity index (χ2v) is 6.82. The summed E-state index contributed by atoms with van der Waals surface area (Å²) in [6.07, 6.45) is 1.58. The zero-order valence-corrected chi connectivity index (χ0v) is 12.0. The second-order valence-electron chi connectivity index (χ2n) is 4.56. The van der Waals surface area contributed by atoms with E-state index in [1.165, 1.54) is 24.5 Å². The molecule has 0 fully saturated rings. The van der Waals surface area contributed by atoms with Crippen molar-refractivity contribution >= 4 is 21.2 Å². The van der Waals surface area contributed by atoms with Gasteiger partial charge >= 0.3 is 0 Å². The third-order valence-electron chi connectivity index (χ3n) is 2.65. The second kappa shape index (κ2) is 6.34. The fraction of sp³-hybridized carbons (Fsp3) is 0.417. The number of rotatable bonds is 6. The smallest absolute Gasteiger partial charge is 0.287 e. The lowest BCUT2D eigenvalue weighted by Gasteiger charge is -2.14. The fourth-order valence-corrected chi connectivity index (χ4v) is 2.40. The van der Waals surface area contributed by atoms with Crippen LogP contribution in [0.5, 0.6) is 0 Å². The molecule has 20 heavy (non-hydrogen) atoms. The summed E-state index contributed by atoms with van der Waals surface area (Å²) in [6.45, 7) is 1.80. The molecule has 0 aliphatic rings. The van der Waals surface area contributed by atoms with Gasteiger partial charge in [0.25, 0.3) is 5.69 Å². The van der Waals surface area contributed by atoms with Crippen molar-refractivity contribution in [3.8, 4) is 6.07 Å². The van der Waals surface area contributed by atoms with Crippen LogP contribution in [0.3, 0.4) is 0 Å². The van der Waals surface area contributed by atoms with E-state index in [4.69, 9.17) is 5.26 Å². The molecule has 1 N–H and O–H groups in total. The highest BCUT2D eigenvalue weighted by atomic mass is 32.2. The third-order valence-corrected chi connectivity index (χ3v) is 3.63. The first-order valence-corrected chi connectivity index (χ1v) is 7.92. The van der Waals surface area contributed by atoms with Crippen molar-refractivity contribution in [1.29, 1.82) is 5.26 Å². The molecule has 0 heterocycles. The van der Waals surface area contributed by atoms with Crippen LogP contribution in [-0.2, 0) is 9.84 Å².